The van der Waals surface area contributed by atoms with E-state index >= 15 is 0 Å². The maximum Gasteiger partial charge on any atom is 0.194 e. The molecular weight excluding hydrogens is 270 g/mol. The van der Waals surface area contributed by atoms with Gasteiger partial charge in [0, 0.05) is 42.5 Å². The Morgan fingerprint density at radius 3 is 2.75 bits per heavy atom. The highest BCUT2D eigenvalue weighted by molar-refractivity contribution is 7.15. The van der Waals surface area contributed by atoms with E-state index in [0.717, 1.165) is 23.7 Å². The summed E-state index contributed by atoms with van der Waals surface area (Å²) in [7, 11) is 1.97. The zero-order chi connectivity index (χ0) is 14.3. The van der Waals surface area contributed by atoms with Crippen LogP contribution in [0.25, 0.3) is 4.96 Å². The molecule has 1 N–H and O–H groups in total. The minimum atomic E-state index is 0.818. The van der Waals surface area contributed by atoms with Gasteiger partial charge in [0.25, 0.3) is 0 Å². The van der Waals surface area contributed by atoms with Crippen LogP contribution in [0, 0.1) is 20.8 Å². The lowest BCUT2D eigenvalue weighted by atomic mass is 10.2. The van der Waals surface area contributed by atoms with Gasteiger partial charge in [-0.3, -0.25) is 9.08 Å². The first-order valence-corrected chi connectivity index (χ1v) is 7.56. The van der Waals surface area contributed by atoms with Crippen LogP contribution in [0.1, 0.15) is 28.3 Å². The summed E-state index contributed by atoms with van der Waals surface area (Å²) in [5.74, 6) is 0. The lowest BCUT2D eigenvalue weighted by molar-refractivity contribution is 0.665. The van der Waals surface area contributed by atoms with E-state index in [1.165, 1.54) is 22.6 Å². The number of imidazole rings is 1. The number of nitrogens with zero attached hydrogens (tertiary/aromatic N) is 4. The quantitative estimate of drug-likeness (QED) is 0.802. The number of nitrogens with one attached hydrogen (secondary N) is 1. The smallest absolute Gasteiger partial charge is 0.194 e. The third-order valence-corrected chi connectivity index (χ3v) is 4.72. The summed E-state index contributed by atoms with van der Waals surface area (Å²) < 4.78 is 4.14. The highest BCUT2D eigenvalue weighted by atomic mass is 32.1. The predicted octanol–water partition coefficient (Wildman–Crippen LogP) is 2.34. The van der Waals surface area contributed by atoms with E-state index < -0.39 is 0 Å². The molecule has 0 spiro atoms. The largest absolute Gasteiger partial charge is 0.307 e. The molecule has 0 bridgehead atoms. The molecule has 0 aliphatic rings. The van der Waals surface area contributed by atoms with Gasteiger partial charge >= 0.3 is 0 Å². The molecule has 0 fully saturated rings. The van der Waals surface area contributed by atoms with Crippen LogP contribution in [-0.4, -0.2) is 19.2 Å². The fourth-order valence-electron chi connectivity index (χ4n) is 2.41. The molecule has 0 aliphatic carbocycles. The number of hydrogen-bond donors (Lipinski definition) is 1. The molecule has 0 radical (unpaired) electrons. The van der Waals surface area contributed by atoms with Gasteiger partial charge in [-0.25, -0.2) is 4.98 Å². The summed E-state index contributed by atoms with van der Waals surface area (Å²) in [6.07, 6.45) is 1.93. The fraction of sp³-hybridized carbons (Fsp3) is 0.429. The van der Waals surface area contributed by atoms with Crippen molar-refractivity contribution in [3.8, 4) is 0 Å². The van der Waals surface area contributed by atoms with Crippen molar-refractivity contribution in [1.29, 1.82) is 0 Å². The van der Waals surface area contributed by atoms with Crippen LogP contribution in [0.15, 0.2) is 11.6 Å². The van der Waals surface area contributed by atoms with Gasteiger partial charge in [0.15, 0.2) is 4.96 Å². The molecule has 20 heavy (non-hydrogen) atoms. The van der Waals surface area contributed by atoms with Crippen LogP contribution in [0.3, 0.4) is 0 Å². The minimum Gasteiger partial charge on any atom is -0.307 e. The molecule has 0 aromatic carbocycles. The number of hydrogen-bond acceptors (Lipinski definition) is 4. The molecule has 0 saturated heterocycles. The number of rotatable bonds is 4. The van der Waals surface area contributed by atoms with E-state index in [1.807, 2.05) is 17.9 Å². The highest BCUT2D eigenvalue weighted by Crippen LogP contribution is 2.20. The summed E-state index contributed by atoms with van der Waals surface area (Å²) in [5.41, 5.74) is 6.06. The molecule has 5 nitrogen and oxygen atoms in total. The lowest BCUT2D eigenvalue weighted by Gasteiger charge is -2.06. The second kappa shape index (κ2) is 5.03. The Morgan fingerprint density at radius 1 is 1.25 bits per heavy atom. The van der Waals surface area contributed by atoms with E-state index in [1.54, 1.807) is 11.3 Å². The molecule has 3 aromatic rings. The Balaban J connectivity index is 1.75. The van der Waals surface area contributed by atoms with Crippen LogP contribution in [0.5, 0.6) is 0 Å². The van der Waals surface area contributed by atoms with Gasteiger partial charge in [0.2, 0.25) is 0 Å². The normalized spacial score (nSPS) is 11.6. The number of thiazole rings is 1. The highest BCUT2D eigenvalue weighted by Gasteiger charge is 2.12. The van der Waals surface area contributed by atoms with Crippen molar-refractivity contribution in [1.82, 2.24) is 24.5 Å². The Bertz CT molecular complexity index is 749. The molecule has 3 aromatic heterocycles. The van der Waals surface area contributed by atoms with Crippen LogP contribution < -0.4 is 5.32 Å². The van der Waals surface area contributed by atoms with Gasteiger partial charge in [0.1, 0.15) is 0 Å². The molecule has 0 atom stereocenters. The summed E-state index contributed by atoms with van der Waals surface area (Å²) in [5, 5.41) is 9.91. The monoisotopic (exact) mass is 289 g/mol. The zero-order valence-electron chi connectivity index (χ0n) is 12.3. The molecule has 0 unspecified atom stereocenters. The topological polar surface area (TPSA) is 47.1 Å². The Kier molecular flexibility index (Phi) is 3.35. The van der Waals surface area contributed by atoms with E-state index in [2.05, 4.69) is 46.0 Å². The standard InChI is InChI=1S/C14H19N5S/c1-9-8-20-14-17-10(2)13(19(9)14)7-15-5-12-6-16-18(4)11(12)3/h6,8,15H,5,7H2,1-4H3. The van der Waals surface area contributed by atoms with Crippen LogP contribution in [0.4, 0.5) is 0 Å². The number of aromatic nitrogens is 4. The van der Waals surface area contributed by atoms with Crippen molar-refractivity contribution in [2.75, 3.05) is 0 Å². The van der Waals surface area contributed by atoms with Crippen LogP contribution in [-0.2, 0) is 20.1 Å². The van der Waals surface area contributed by atoms with E-state index in [-0.39, 0.29) is 0 Å². The summed E-state index contributed by atoms with van der Waals surface area (Å²) in [6.45, 7) is 7.94. The van der Waals surface area contributed by atoms with E-state index in [9.17, 15) is 0 Å². The minimum absolute atomic E-state index is 0.818. The Hall–Kier alpha value is -1.66. The zero-order valence-corrected chi connectivity index (χ0v) is 13.1. The van der Waals surface area contributed by atoms with Crippen molar-refractivity contribution < 1.29 is 0 Å². The van der Waals surface area contributed by atoms with Crippen molar-refractivity contribution in [3.63, 3.8) is 0 Å². The fourth-order valence-corrected chi connectivity index (χ4v) is 3.34. The Labute approximate surface area is 122 Å². The van der Waals surface area contributed by atoms with Gasteiger partial charge in [0.05, 0.1) is 17.6 Å². The first kappa shape index (κ1) is 13.3. The maximum atomic E-state index is 4.61. The van der Waals surface area contributed by atoms with Crippen LogP contribution in [0.2, 0.25) is 0 Å². The molecule has 0 amide bonds. The first-order valence-electron chi connectivity index (χ1n) is 6.68. The first-order chi connectivity index (χ1) is 9.58. The van der Waals surface area contributed by atoms with Crippen molar-refractivity contribution in [2.24, 2.45) is 7.05 Å². The molecule has 0 saturated carbocycles. The Morgan fingerprint density at radius 2 is 2.05 bits per heavy atom. The van der Waals surface area contributed by atoms with Gasteiger partial charge in [-0.15, -0.1) is 11.3 Å². The van der Waals surface area contributed by atoms with Gasteiger partial charge in [-0.05, 0) is 20.8 Å². The average Bonchev–Trinajstić information content (AvgIpc) is 3.02. The average molecular weight is 289 g/mol. The van der Waals surface area contributed by atoms with E-state index in [0.29, 0.717) is 0 Å². The maximum absolute atomic E-state index is 4.61. The van der Waals surface area contributed by atoms with Gasteiger partial charge < -0.3 is 5.32 Å². The molecule has 106 valence electrons. The summed E-state index contributed by atoms with van der Waals surface area (Å²) >= 11 is 1.70. The molecule has 3 rings (SSSR count). The summed E-state index contributed by atoms with van der Waals surface area (Å²) in [4.78, 5) is 5.68. The predicted molar refractivity (Wildman–Crippen MR) is 81.0 cm³/mol. The third kappa shape index (κ3) is 2.14. The molecule has 0 aliphatic heterocycles. The summed E-state index contributed by atoms with van der Waals surface area (Å²) in [6, 6.07) is 0. The molecule has 3 heterocycles. The van der Waals surface area contributed by atoms with Crippen LogP contribution >= 0.6 is 11.3 Å². The van der Waals surface area contributed by atoms with Crippen molar-refractivity contribution in [2.45, 2.75) is 33.9 Å². The number of fused-ring (bicyclic) bond motifs is 1. The second-order valence-corrected chi connectivity index (χ2v) is 5.96. The van der Waals surface area contributed by atoms with Gasteiger partial charge in [-0.1, -0.05) is 0 Å². The van der Waals surface area contributed by atoms with Crippen molar-refractivity contribution >= 4 is 16.3 Å². The third-order valence-electron chi connectivity index (χ3n) is 3.77. The van der Waals surface area contributed by atoms with Gasteiger partial charge in [-0.2, -0.15) is 5.10 Å². The SMILES string of the molecule is Cc1nc2scc(C)n2c1CNCc1cnn(C)c1C. The lowest BCUT2D eigenvalue weighted by Crippen LogP contribution is -2.15. The molecule has 6 heteroatoms. The van der Waals surface area contributed by atoms with Crippen molar-refractivity contribution in [3.05, 3.63) is 39.9 Å². The second-order valence-electron chi connectivity index (χ2n) is 5.12. The van der Waals surface area contributed by atoms with E-state index in [4.69, 9.17) is 0 Å². The number of aryl methyl sites for hydroxylation is 3. The molecular formula is C14H19N5S.